The third-order valence-electron chi connectivity index (χ3n) is 4.38. The largest absolute Gasteiger partial charge is 0.497 e. The molecule has 3 rings (SSSR count). The second-order valence-electron chi connectivity index (χ2n) is 5.76. The number of carboxylic acids is 1. The smallest absolute Gasteiger partial charge is 0.337 e. The minimum atomic E-state index is -0.941. The molecule has 5 heteroatoms. The van der Waals surface area contributed by atoms with E-state index in [0.29, 0.717) is 18.2 Å². The van der Waals surface area contributed by atoms with Gasteiger partial charge in [-0.15, -0.1) is 0 Å². The van der Waals surface area contributed by atoms with Crippen molar-refractivity contribution in [3.8, 4) is 5.75 Å². The number of carboxylic acid groups (broad SMARTS) is 1. The molecule has 0 bridgehead atoms. The molecule has 5 nitrogen and oxygen atoms in total. The normalized spacial score (nSPS) is 15.4. The highest BCUT2D eigenvalue weighted by Crippen LogP contribution is 2.34. The van der Waals surface area contributed by atoms with Crippen LogP contribution in [0.5, 0.6) is 5.75 Å². The van der Waals surface area contributed by atoms with Crippen molar-refractivity contribution < 1.29 is 14.6 Å². The van der Waals surface area contributed by atoms with Crippen molar-refractivity contribution in [1.29, 1.82) is 0 Å². The van der Waals surface area contributed by atoms with E-state index in [-0.39, 0.29) is 5.56 Å². The van der Waals surface area contributed by atoms with Crippen molar-refractivity contribution >= 4 is 11.7 Å². The fraction of sp³-hybridized carbons (Fsp3) is 0.400. The molecular weight excluding hydrogens is 316 g/mol. The van der Waals surface area contributed by atoms with Gasteiger partial charge in [0.2, 0.25) is 0 Å². The predicted molar refractivity (Wildman–Crippen MR) is 99.7 cm³/mol. The first kappa shape index (κ1) is 18.8. The number of aromatic nitrogens is 1. The zero-order valence-corrected chi connectivity index (χ0v) is 15.1. The quantitative estimate of drug-likeness (QED) is 0.845. The molecule has 25 heavy (non-hydrogen) atoms. The van der Waals surface area contributed by atoms with Crippen LogP contribution in [-0.2, 0) is 6.42 Å². The van der Waals surface area contributed by atoms with Crippen LogP contribution in [-0.4, -0.2) is 29.7 Å². The summed E-state index contributed by atoms with van der Waals surface area (Å²) in [5, 5.41) is 12.5. The van der Waals surface area contributed by atoms with Gasteiger partial charge in [0.15, 0.2) is 0 Å². The van der Waals surface area contributed by atoms with Gasteiger partial charge < -0.3 is 15.2 Å². The van der Waals surface area contributed by atoms with E-state index in [1.54, 1.807) is 13.3 Å². The van der Waals surface area contributed by atoms with Crippen molar-refractivity contribution in [1.82, 2.24) is 4.98 Å². The van der Waals surface area contributed by atoms with Crippen LogP contribution in [0.3, 0.4) is 0 Å². The average Bonchev–Trinajstić information content (AvgIpc) is 2.67. The minimum absolute atomic E-state index is 0.255. The Kier molecular flexibility index (Phi) is 6.81. The number of hydrogen-bond donors (Lipinski definition) is 2. The van der Waals surface area contributed by atoms with Crippen LogP contribution in [0.15, 0.2) is 36.7 Å². The zero-order valence-electron chi connectivity index (χ0n) is 15.1. The lowest BCUT2D eigenvalue weighted by Gasteiger charge is -2.26. The third kappa shape index (κ3) is 4.50. The van der Waals surface area contributed by atoms with Crippen molar-refractivity contribution in [2.75, 3.05) is 19.0 Å². The molecule has 0 fully saturated rings. The van der Waals surface area contributed by atoms with Crippen LogP contribution in [0.2, 0.25) is 0 Å². The molecule has 2 aromatic rings. The Bertz CT molecular complexity index is 716. The van der Waals surface area contributed by atoms with Crippen molar-refractivity contribution in [3.05, 3.63) is 53.3 Å². The molecule has 1 aliphatic rings. The molecule has 0 saturated carbocycles. The van der Waals surface area contributed by atoms with Crippen LogP contribution in [0.4, 0.5) is 5.69 Å². The van der Waals surface area contributed by atoms with Gasteiger partial charge in [-0.05, 0) is 48.6 Å². The maximum atomic E-state index is 11.3. The molecule has 0 aliphatic heterocycles. The highest BCUT2D eigenvalue weighted by Gasteiger charge is 2.21. The van der Waals surface area contributed by atoms with Gasteiger partial charge in [0, 0.05) is 18.7 Å². The SMILES string of the molecule is CC.COc1ccc2c(c1)CCCC2CNc1cnccc1C(=O)O. The Labute approximate surface area is 149 Å². The number of ether oxygens (including phenoxy) is 1. The molecule has 2 N–H and O–H groups in total. The molecule has 1 aromatic heterocycles. The Balaban J connectivity index is 0.00000109. The summed E-state index contributed by atoms with van der Waals surface area (Å²) < 4.78 is 5.30. The monoisotopic (exact) mass is 342 g/mol. The number of nitrogens with one attached hydrogen (secondary N) is 1. The summed E-state index contributed by atoms with van der Waals surface area (Å²) in [4.78, 5) is 15.3. The Morgan fingerprint density at radius 3 is 2.88 bits per heavy atom. The molecule has 0 spiro atoms. The lowest BCUT2D eigenvalue weighted by atomic mass is 9.82. The van der Waals surface area contributed by atoms with Gasteiger partial charge >= 0.3 is 5.97 Å². The first-order valence-corrected chi connectivity index (χ1v) is 8.77. The maximum absolute atomic E-state index is 11.3. The number of pyridine rings is 1. The highest BCUT2D eigenvalue weighted by molar-refractivity contribution is 5.93. The molecule has 1 aliphatic carbocycles. The van der Waals surface area contributed by atoms with E-state index in [2.05, 4.69) is 22.4 Å². The van der Waals surface area contributed by atoms with Crippen LogP contribution in [0, 0.1) is 0 Å². The summed E-state index contributed by atoms with van der Waals surface area (Å²) in [5.41, 5.74) is 3.48. The van der Waals surface area contributed by atoms with Gasteiger partial charge in [0.1, 0.15) is 5.75 Å². The van der Waals surface area contributed by atoms with Crippen LogP contribution < -0.4 is 10.1 Å². The summed E-state index contributed by atoms with van der Waals surface area (Å²) >= 11 is 0. The first-order chi connectivity index (χ1) is 12.2. The van der Waals surface area contributed by atoms with Crippen LogP contribution >= 0.6 is 0 Å². The highest BCUT2D eigenvalue weighted by atomic mass is 16.5. The molecular formula is C20H26N2O3. The van der Waals surface area contributed by atoms with E-state index in [1.807, 2.05) is 19.9 Å². The van der Waals surface area contributed by atoms with Crippen molar-refractivity contribution in [3.63, 3.8) is 0 Å². The van der Waals surface area contributed by atoms with Crippen LogP contribution in [0.1, 0.15) is 54.1 Å². The molecule has 0 saturated heterocycles. The number of benzene rings is 1. The first-order valence-electron chi connectivity index (χ1n) is 8.77. The number of aromatic carboxylic acids is 1. The number of anilines is 1. The van der Waals surface area contributed by atoms with Gasteiger partial charge in [-0.2, -0.15) is 0 Å². The molecule has 1 aromatic carbocycles. The Morgan fingerprint density at radius 1 is 1.36 bits per heavy atom. The summed E-state index contributed by atoms with van der Waals surface area (Å²) in [6.07, 6.45) is 6.36. The van der Waals surface area contributed by atoms with Gasteiger partial charge in [0.05, 0.1) is 24.6 Å². The molecule has 1 atom stereocenters. The number of nitrogens with zero attached hydrogens (tertiary/aromatic N) is 1. The van der Waals surface area contributed by atoms with Gasteiger partial charge in [-0.1, -0.05) is 19.9 Å². The predicted octanol–water partition coefficient (Wildman–Crippen LogP) is 4.35. The fourth-order valence-electron chi connectivity index (χ4n) is 3.19. The van der Waals surface area contributed by atoms with Crippen LogP contribution in [0.25, 0.3) is 0 Å². The van der Waals surface area contributed by atoms with E-state index in [4.69, 9.17) is 4.74 Å². The lowest BCUT2D eigenvalue weighted by Crippen LogP contribution is -2.19. The third-order valence-corrected chi connectivity index (χ3v) is 4.38. The second-order valence-corrected chi connectivity index (χ2v) is 5.76. The topological polar surface area (TPSA) is 71.5 Å². The molecule has 0 radical (unpaired) electrons. The number of hydrogen-bond acceptors (Lipinski definition) is 4. The van der Waals surface area contributed by atoms with E-state index in [0.717, 1.165) is 25.0 Å². The summed E-state index contributed by atoms with van der Waals surface area (Å²) in [7, 11) is 1.68. The zero-order chi connectivity index (χ0) is 18.2. The fourth-order valence-corrected chi connectivity index (χ4v) is 3.19. The summed E-state index contributed by atoms with van der Waals surface area (Å²) in [6, 6.07) is 7.74. The molecule has 1 unspecified atom stereocenters. The standard InChI is InChI=1S/C18H20N2O3.C2H6/c1-23-14-5-6-15-12(9-14)3-2-4-13(15)10-20-17-11-19-8-7-16(17)18(21)22;1-2/h5-9,11,13,20H,2-4,10H2,1H3,(H,21,22);1-2H3. The maximum Gasteiger partial charge on any atom is 0.337 e. The van der Waals surface area contributed by atoms with E-state index < -0.39 is 5.97 Å². The van der Waals surface area contributed by atoms with E-state index >= 15 is 0 Å². The van der Waals surface area contributed by atoms with Gasteiger partial charge in [-0.3, -0.25) is 4.98 Å². The number of aryl methyl sites for hydroxylation is 1. The summed E-state index contributed by atoms with van der Waals surface area (Å²) in [6.45, 7) is 4.70. The number of fused-ring (bicyclic) bond motifs is 1. The Morgan fingerprint density at radius 2 is 2.16 bits per heavy atom. The number of carbonyl (C=O) groups is 1. The van der Waals surface area contributed by atoms with Crippen molar-refractivity contribution in [2.45, 2.75) is 39.0 Å². The minimum Gasteiger partial charge on any atom is -0.497 e. The Hall–Kier alpha value is -2.56. The molecule has 134 valence electrons. The van der Waals surface area contributed by atoms with Gasteiger partial charge in [-0.25, -0.2) is 4.79 Å². The second kappa shape index (κ2) is 9.06. The number of rotatable bonds is 5. The lowest BCUT2D eigenvalue weighted by molar-refractivity contribution is 0.0698. The van der Waals surface area contributed by atoms with E-state index in [9.17, 15) is 9.90 Å². The molecule has 1 heterocycles. The van der Waals surface area contributed by atoms with Crippen molar-refractivity contribution in [2.24, 2.45) is 0 Å². The number of methoxy groups -OCH3 is 1. The average molecular weight is 342 g/mol. The van der Waals surface area contributed by atoms with E-state index in [1.165, 1.54) is 23.4 Å². The molecule has 0 amide bonds. The van der Waals surface area contributed by atoms with Gasteiger partial charge in [0.25, 0.3) is 0 Å². The summed E-state index contributed by atoms with van der Waals surface area (Å²) in [5.74, 6) is 0.313.